The third kappa shape index (κ3) is 5.30. The molecule has 2 aromatic rings. The fourth-order valence-corrected chi connectivity index (χ4v) is 4.16. The summed E-state index contributed by atoms with van der Waals surface area (Å²) in [5.41, 5.74) is 1.78. The average Bonchev–Trinajstić information content (AvgIpc) is 3.05. The monoisotopic (exact) mass is 393 g/mol. The van der Waals surface area contributed by atoms with Gasteiger partial charge in [0, 0.05) is 45.5 Å². The molecule has 1 heterocycles. The topological polar surface area (TPSA) is 87.5 Å². The molecule has 0 aliphatic rings. The highest BCUT2D eigenvalue weighted by Gasteiger charge is 2.21. The summed E-state index contributed by atoms with van der Waals surface area (Å²) in [5, 5.41) is 6.91. The van der Waals surface area contributed by atoms with Crippen molar-refractivity contribution in [3.63, 3.8) is 0 Å². The van der Waals surface area contributed by atoms with E-state index in [-0.39, 0.29) is 10.9 Å². The molecular weight excluding hydrogens is 366 g/mol. The van der Waals surface area contributed by atoms with Gasteiger partial charge in [-0.2, -0.15) is 9.40 Å². The standard InChI is InChI=1S/C18H27N5O3S/c1-5-23(6-2)27(25,26)17-9-7-15(8-10-17)11-19-18(24)21(3)13-16-12-20-22(4)14-16/h7-10,12,14H,5-6,11,13H2,1-4H3,(H,19,24). The predicted molar refractivity (Wildman–Crippen MR) is 103 cm³/mol. The molecule has 2 rings (SSSR count). The van der Waals surface area contributed by atoms with Crippen molar-refractivity contribution in [2.45, 2.75) is 31.8 Å². The number of nitrogens with one attached hydrogen (secondary N) is 1. The van der Waals surface area contributed by atoms with Gasteiger partial charge < -0.3 is 10.2 Å². The van der Waals surface area contributed by atoms with Crippen LogP contribution in [-0.4, -0.2) is 53.6 Å². The van der Waals surface area contributed by atoms with Crippen LogP contribution in [0.1, 0.15) is 25.0 Å². The van der Waals surface area contributed by atoms with Crippen LogP contribution in [0.5, 0.6) is 0 Å². The number of rotatable bonds is 8. The first kappa shape index (κ1) is 20.9. The van der Waals surface area contributed by atoms with Gasteiger partial charge in [0.2, 0.25) is 10.0 Å². The maximum Gasteiger partial charge on any atom is 0.317 e. The Bertz CT molecular complexity index is 857. The van der Waals surface area contributed by atoms with Gasteiger partial charge in [0.1, 0.15) is 0 Å². The molecule has 8 nitrogen and oxygen atoms in total. The van der Waals surface area contributed by atoms with Crippen molar-refractivity contribution in [2.75, 3.05) is 20.1 Å². The van der Waals surface area contributed by atoms with E-state index in [1.165, 1.54) is 4.31 Å². The molecule has 0 bridgehead atoms. The van der Waals surface area contributed by atoms with Crippen LogP contribution in [0, 0.1) is 0 Å². The van der Waals surface area contributed by atoms with Crippen LogP contribution in [0.2, 0.25) is 0 Å². The maximum atomic E-state index is 12.5. The third-order valence-corrected chi connectivity index (χ3v) is 6.30. The predicted octanol–water partition coefficient (Wildman–Crippen LogP) is 1.79. The molecule has 0 aliphatic heterocycles. The SMILES string of the molecule is CCN(CC)S(=O)(=O)c1ccc(CNC(=O)N(C)Cc2cnn(C)c2)cc1. The summed E-state index contributed by atoms with van der Waals surface area (Å²) in [4.78, 5) is 14.0. The van der Waals surface area contributed by atoms with Gasteiger partial charge in [-0.1, -0.05) is 26.0 Å². The van der Waals surface area contributed by atoms with Crippen LogP contribution < -0.4 is 5.32 Å². The van der Waals surface area contributed by atoms with Crippen molar-refractivity contribution in [1.82, 2.24) is 24.3 Å². The zero-order valence-corrected chi connectivity index (χ0v) is 17.0. The Balaban J connectivity index is 1.93. The van der Waals surface area contributed by atoms with Gasteiger partial charge in [-0.05, 0) is 17.7 Å². The third-order valence-electron chi connectivity index (χ3n) is 4.24. The second kappa shape index (κ2) is 9.01. The molecule has 2 amide bonds. The molecule has 148 valence electrons. The molecule has 9 heteroatoms. The molecule has 0 aliphatic carbocycles. The van der Waals surface area contributed by atoms with Crippen LogP contribution in [0.15, 0.2) is 41.6 Å². The maximum absolute atomic E-state index is 12.5. The summed E-state index contributed by atoms with van der Waals surface area (Å²) in [7, 11) is 0.0720. The van der Waals surface area contributed by atoms with E-state index in [1.807, 2.05) is 27.1 Å². The van der Waals surface area contributed by atoms with Crippen LogP contribution in [0.25, 0.3) is 0 Å². The minimum Gasteiger partial charge on any atom is -0.334 e. The Kier molecular flexibility index (Phi) is 6.98. The van der Waals surface area contributed by atoms with Crippen LogP contribution in [-0.2, 0) is 30.2 Å². The van der Waals surface area contributed by atoms with E-state index < -0.39 is 10.0 Å². The van der Waals surface area contributed by atoms with Gasteiger partial charge in [0.25, 0.3) is 0 Å². The second-order valence-electron chi connectivity index (χ2n) is 6.27. The van der Waals surface area contributed by atoms with Crippen LogP contribution >= 0.6 is 0 Å². The lowest BCUT2D eigenvalue weighted by Crippen LogP contribution is -2.36. The highest BCUT2D eigenvalue weighted by molar-refractivity contribution is 7.89. The Morgan fingerprint density at radius 1 is 1.15 bits per heavy atom. The molecule has 0 spiro atoms. The van der Waals surface area contributed by atoms with Gasteiger partial charge in [0.05, 0.1) is 17.6 Å². The fraction of sp³-hybridized carbons (Fsp3) is 0.444. The average molecular weight is 394 g/mol. The fourth-order valence-electron chi connectivity index (χ4n) is 2.70. The normalized spacial score (nSPS) is 11.6. The van der Waals surface area contributed by atoms with Gasteiger partial charge in [-0.3, -0.25) is 4.68 Å². The quantitative estimate of drug-likeness (QED) is 0.741. The summed E-state index contributed by atoms with van der Waals surface area (Å²) in [6.45, 7) is 5.27. The Morgan fingerprint density at radius 3 is 2.30 bits per heavy atom. The Hall–Kier alpha value is -2.39. The van der Waals surface area contributed by atoms with Gasteiger partial charge in [-0.25, -0.2) is 13.2 Å². The van der Waals surface area contributed by atoms with Gasteiger partial charge in [-0.15, -0.1) is 0 Å². The summed E-state index contributed by atoms with van der Waals surface area (Å²) in [6.07, 6.45) is 3.58. The first-order valence-electron chi connectivity index (χ1n) is 8.83. The van der Waals surface area contributed by atoms with Crippen molar-refractivity contribution in [2.24, 2.45) is 7.05 Å². The van der Waals surface area contributed by atoms with E-state index in [2.05, 4.69) is 10.4 Å². The molecule has 27 heavy (non-hydrogen) atoms. The van der Waals surface area contributed by atoms with Crippen molar-refractivity contribution in [3.05, 3.63) is 47.8 Å². The minimum atomic E-state index is -3.47. The van der Waals surface area contributed by atoms with E-state index in [4.69, 9.17) is 0 Å². The molecule has 0 fully saturated rings. The van der Waals surface area contributed by atoms with E-state index in [9.17, 15) is 13.2 Å². The summed E-state index contributed by atoms with van der Waals surface area (Å²) in [5.74, 6) is 0. The van der Waals surface area contributed by atoms with Gasteiger partial charge in [0.15, 0.2) is 0 Å². The number of hydrogen-bond acceptors (Lipinski definition) is 4. The Morgan fingerprint density at radius 2 is 1.78 bits per heavy atom. The van der Waals surface area contributed by atoms with Crippen LogP contribution in [0.4, 0.5) is 4.79 Å². The zero-order chi connectivity index (χ0) is 20.0. The number of aryl methyl sites for hydroxylation is 1. The number of aromatic nitrogens is 2. The van der Waals surface area contributed by atoms with Gasteiger partial charge >= 0.3 is 6.03 Å². The molecule has 1 aromatic carbocycles. The van der Waals surface area contributed by atoms with E-state index in [0.29, 0.717) is 26.2 Å². The number of amides is 2. The van der Waals surface area contributed by atoms with E-state index >= 15 is 0 Å². The zero-order valence-electron chi connectivity index (χ0n) is 16.2. The molecule has 0 radical (unpaired) electrons. The summed E-state index contributed by atoms with van der Waals surface area (Å²) in [6, 6.07) is 6.39. The number of carbonyl (C=O) groups excluding carboxylic acids is 1. The Labute approximate surface area is 160 Å². The molecular formula is C18H27N5O3S. The first-order valence-corrected chi connectivity index (χ1v) is 10.3. The molecule has 0 atom stereocenters. The molecule has 0 unspecified atom stereocenters. The number of benzene rings is 1. The number of hydrogen-bond donors (Lipinski definition) is 1. The van der Waals surface area contributed by atoms with E-state index in [0.717, 1.165) is 11.1 Å². The summed E-state index contributed by atoms with van der Waals surface area (Å²) >= 11 is 0. The number of urea groups is 1. The lowest BCUT2D eigenvalue weighted by Gasteiger charge is -2.19. The van der Waals surface area contributed by atoms with Crippen molar-refractivity contribution in [1.29, 1.82) is 0 Å². The minimum absolute atomic E-state index is 0.210. The molecule has 0 saturated heterocycles. The largest absolute Gasteiger partial charge is 0.334 e. The molecule has 1 N–H and O–H groups in total. The molecule has 0 saturated carbocycles. The first-order chi connectivity index (χ1) is 12.8. The van der Waals surface area contributed by atoms with Crippen molar-refractivity contribution in [3.8, 4) is 0 Å². The number of carbonyl (C=O) groups is 1. The van der Waals surface area contributed by atoms with Crippen LogP contribution in [0.3, 0.4) is 0 Å². The van der Waals surface area contributed by atoms with Crippen molar-refractivity contribution >= 4 is 16.1 Å². The van der Waals surface area contributed by atoms with Crippen molar-refractivity contribution < 1.29 is 13.2 Å². The van der Waals surface area contributed by atoms with E-state index in [1.54, 1.807) is 47.1 Å². The lowest BCUT2D eigenvalue weighted by atomic mass is 10.2. The smallest absolute Gasteiger partial charge is 0.317 e. The highest BCUT2D eigenvalue weighted by atomic mass is 32.2. The summed E-state index contributed by atoms with van der Waals surface area (Å²) < 4.78 is 28.1. The number of sulfonamides is 1. The second-order valence-corrected chi connectivity index (χ2v) is 8.21. The molecule has 1 aromatic heterocycles. The number of nitrogens with zero attached hydrogens (tertiary/aromatic N) is 4. The highest BCUT2D eigenvalue weighted by Crippen LogP contribution is 2.16. The lowest BCUT2D eigenvalue weighted by molar-refractivity contribution is 0.206.